The highest BCUT2D eigenvalue weighted by atomic mass is 16.4. The van der Waals surface area contributed by atoms with Crippen LogP contribution < -0.4 is 10.0 Å². The second-order valence-corrected chi connectivity index (χ2v) is 5.12. The molecule has 1 amide bonds. The lowest BCUT2D eigenvalue weighted by atomic mass is 10.1. The summed E-state index contributed by atoms with van der Waals surface area (Å²) in [5, 5.41) is 10.4. The number of carbonyl (C=O) groups is 2. The van der Waals surface area contributed by atoms with E-state index < -0.39 is 5.97 Å². The standard InChI is InChI=1S/C18H19NO3/c1-19(18(22)15-7-3-2-4-8-15)16-12-10-14(11-13-16)6-5-9-17(20)21/h2-4,7-8,10-13H,5-6,9H2,1H3,(H,20,21)/p-1. The summed E-state index contributed by atoms with van der Waals surface area (Å²) in [6.45, 7) is 0. The van der Waals surface area contributed by atoms with Gasteiger partial charge in [-0.2, -0.15) is 0 Å². The van der Waals surface area contributed by atoms with E-state index in [2.05, 4.69) is 0 Å². The zero-order chi connectivity index (χ0) is 15.9. The largest absolute Gasteiger partial charge is 0.550 e. The molecule has 0 unspecified atom stereocenters. The van der Waals surface area contributed by atoms with Gasteiger partial charge in [-0.05, 0) is 49.1 Å². The highest BCUT2D eigenvalue weighted by Gasteiger charge is 2.12. The van der Waals surface area contributed by atoms with Gasteiger partial charge in [-0.15, -0.1) is 0 Å². The third-order valence-electron chi connectivity index (χ3n) is 3.50. The molecular formula is C18H18NO3-. The maximum atomic E-state index is 12.3. The number of rotatable bonds is 6. The van der Waals surface area contributed by atoms with Crippen molar-refractivity contribution in [1.82, 2.24) is 0 Å². The maximum Gasteiger partial charge on any atom is 0.258 e. The van der Waals surface area contributed by atoms with E-state index in [1.165, 1.54) is 0 Å². The highest BCUT2D eigenvalue weighted by molar-refractivity contribution is 6.05. The molecule has 0 bridgehead atoms. The van der Waals surface area contributed by atoms with Crippen molar-refractivity contribution in [1.29, 1.82) is 0 Å². The smallest absolute Gasteiger partial charge is 0.258 e. The van der Waals surface area contributed by atoms with Crippen molar-refractivity contribution in [2.24, 2.45) is 0 Å². The molecule has 4 heteroatoms. The number of hydrogen-bond acceptors (Lipinski definition) is 3. The Kier molecular flexibility index (Phi) is 5.31. The number of amides is 1. The molecule has 0 aliphatic heterocycles. The number of hydrogen-bond donors (Lipinski definition) is 0. The predicted octanol–water partition coefficient (Wildman–Crippen LogP) is 2.04. The van der Waals surface area contributed by atoms with Crippen LogP contribution in [0.5, 0.6) is 0 Å². The van der Waals surface area contributed by atoms with E-state index in [-0.39, 0.29) is 12.3 Å². The minimum Gasteiger partial charge on any atom is -0.550 e. The van der Waals surface area contributed by atoms with Crippen LogP contribution in [0, 0.1) is 0 Å². The molecule has 22 heavy (non-hydrogen) atoms. The third kappa shape index (κ3) is 4.19. The van der Waals surface area contributed by atoms with E-state index in [1.54, 1.807) is 24.1 Å². The van der Waals surface area contributed by atoms with Crippen LogP contribution in [-0.2, 0) is 11.2 Å². The van der Waals surface area contributed by atoms with Gasteiger partial charge in [0.15, 0.2) is 0 Å². The molecule has 0 heterocycles. The monoisotopic (exact) mass is 296 g/mol. The molecule has 2 rings (SSSR count). The van der Waals surface area contributed by atoms with Gasteiger partial charge in [0.1, 0.15) is 0 Å². The Hall–Kier alpha value is -2.62. The fourth-order valence-corrected chi connectivity index (χ4v) is 2.21. The zero-order valence-electron chi connectivity index (χ0n) is 12.5. The summed E-state index contributed by atoms with van der Waals surface area (Å²) in [5.41, 5.74) is 2.49. The Bertz CT molecular complexity index is 635. The molecule has 0 saturated carbocycles. The molecular weight excluding hydrogens is 278 g/mol. The van der Waals surface area contributed by atoms with Gasteiger partial charge in [-0.3, -0.25) is 4.79 Å². The maximum absolute atomic E-state index is 12.3. The summed E-state index contributed by atoms with van der Waals surface area (Å²) in [6, 6.07) is 16.7. The van der Waals surface area contributed by atoms with E-state index in [0.717, 1.165) is 11.3 Å². The average molecular weight is 296 g/mol. The molecule has 0 aliphatic rings. The van der Waals surface area contributed by atoms with Gasteiger partial charge >= 0.3 is 0 Å². The lowest BCUT2D eigenvalue weighted by Gasteiger charge is -2.17. The zero-order valence-corrected chi connectivity index (χ0v) is 12.5. The minimum absolute atomic E-state index is 0.0636. The Morgan fingerprint density at radius 2 is 1.64 bits per heavy atom. The Morgan fingerprint density at radius 1 is 1.00 bits per heavy atom. The van der Waals surface area contributed by atoms with Crippen molar-refractivity contribution < 1.29 is 14.7 Å². The van der Waals surface area contributed by atoms with Crippen molar-refractivity contribution in [3.8, 4) is 0 Å². The van der Waals surface area contributed by atoms with Crippen molar-refractivity contribution in [3.05, 3.63) is 65.7 Å². The fourth-order valence-electron chi connectivity index (χ4n) is 2.21. The van der Waals surface area contributed by atoms with Crippen molar-refractivity contribution in [3.63, 3.8) is 0 Å². The van der Waals surface area contributed by atoms with Crippen LogP contribution in [-0.4, -0.2) is 18.9 Å². The molecule has 0 aliphatic carbocycles. The van der Waals surface area contributed by atoms with Crippen LogP contribution in [0.15, 0.2) is 54.6 Å². The van der Waals surface area contributed by atoms with Crippen LogP contribution in [0.3, 0.4) is 0 Å². The number of anilines is 1. The fraction of sp³-hybridized carbons (Fsp3) is 0.222. The molecule has 114 valence electrons. The molecule has 0 aromatic heterocycles. The summed E-state index contributed by atoms with van der Waals surface area (Å²) < 4.78 is 0. The van der Waals surface area contributed by atoms with Gasteiger partial charge in [-0.1, -0.05) is 30.3 Å². The first-order valence-corrected chi connectivity index (χ1v) is 7.20. The van der Waals surface area contributed by atoms with E-state index in [0.29, 0.717) is 18.4 Å². The van der Waals surface area contributed by atoms with Crippen molar-refractivity contribution >= 4 is 17.6 Å². The molecule has 4 nitrogen and oxygen atoms in total. The molecule has 0 N–H and O–H groups in total. The highest BCUT2D eigenvalue weighted by Crippen LogP contribution is 2.17. The second-order valence-electron chi connectivity index (χ2n) is 5.12. The summed E-state index contributed by atoms with van der Waals surface area (Å²) in [7, 11) is 1.74. The Morgan fingerprint density at radius 3 is 2.23 bits per heavy atom. The first kappa shape index (κ1) is 15.8. The molecule has 0 radical (unpaired) electrons. The van der Waals surface area contributed by atoms with Crippen LogP contribution in [0.4, 0.5) is 5.69 Å². The van der Waals surface area contributed by atoms with E-state index in [9.17, 15) is 14.7 Å². The van der Waals surface area contributed by atoms with E-state index >= 15 is 0 Å². The predicted molar refractivity (Wildman–Crippen MR) is 83.6 cm³/mol. The van der Waals surface area contributed by atoms with Crippen LogP contribution in [0.2, 0.25) is 0 Å². The lowest BCUT2D eigenvalue weighted by Crippen LogP contribution is -2.26. The topological polar surface area (TPSA) is 60.4 Å². The van der Waals surface area contributed by atoms with Gasteiger partial charge < -0.3 is 14.8 Å². The quantitative estimate of drug-likeness (QED) is 0.819. The lowest BCUT2D eigenvalue weighted by molar-refractivity contribution is -0.305. The molecule has 0 saturated heterocycles. The number of carboxylic acids is 1. The van der Waals surface area contributed by atoms with Crippen LogP contribution >= 0.6 is 0 Å². The molecule has 2 aromatic carbocycles. The van der Waals surface area contributed by atoms with Gasteiger partial charge in [0, 0.05) is 24.3 Å². The van der Waals surface area contributed by atoms with Crippen molar-refractivity contribution in [2.45, 2.75) is 19.3 Å². The van der Waals surface area contributed by atoms with Crippen LogP contribution in [0.1, 0.15) is 28.8 Å². The first-order chi connectivity index (χ1) is 10.6. The van der Waals surface area contributed by atoms with E-state index in [4.69, 9.17) is 0 Å². The Balaban J connectivity index is 2.00. The summed E-state index contributed by atoms with van der Waals surface area (Å²) in [5.74, 6) is -1.09. The molecule has 0 fully saturated rings. The van der Waals surface area contributed by atoms with Crippen LogP contribution in [0.25, 0.3) is 0 Å². The summed E-state index contributed by atoms with van der Waals surface area (Å²) >= 11 is 0. The van der Waals surface area contributed by atoms with Gasteiger partial charge in [0.2, 0.25) is 0 Å². The summed E-state index contributed by atoms with van der Waals surface area (Å²) in [4.78, 5) is 24.3. The van der Waals surface area contributed by atoms with Gasteiger partial charge in [0.05, 0.1) is 0 Å². The average Bonchev–Trinajstić information content (AvgIpc) is 2.54. The second kappa shape index (κ2) is 7.41. The SMILES string of the molecule is CN(C(=O)c1ccccc1)c1ccc(CCCC(=O)[O-])cc1. The molecule has 2 aromatic rings. The number of aliphatic carboxylic acids is 1. The Labute approximate surface area is 130 Å². The van der Waals surface area contributed by atoms with Gasteiger partial charge in [0.25, 0.3) is 5.91 Å². The normalized spacial score (nSPS) is 10.2. The number of benzene rings is 2. The van der Waals surface area contributed by atoms with E-state index in [1.807, 2.05) is 42.5 Å². The van der Waals surface area contributed by atoms with Gasteiger partial charge in [-0.25, -0.2) is 0 Å². The first-order valence-electron chi connectivity index (χ1n) is 7.20. The number of carboxylic acid groups (broad SMARTS) is 1. The third-order valence-corrected chi connectivity index (χ3v) is 3.50. The summed E-state index contributed by atoms with van der Waals surface area (Å²) in [6.07, 6.45) is 1.30. The number of nitrogens with zero attached hydrogens (tertiary/aromatic N) is 1. The van der Waals surface area contributed by atoms with Crippen molar-refractivity contribution in [2.75, 3.05) is 11.9 Å². The molecule has 0 spiro atoms. The minimum atomic E-state index is -1.02. The number of carbonyl (C=O) groups excluding carboxylic acids is 2. The molecule has 0 atom stereocenters. The number of aryl methyl sites for hydroxylation is 1.